The van der Waals surface area contributed by atoms with E-state index in [-0.39, 0.29) is 84.4 Å². The fourth-order valence-electron chi connectivity index (χ4n) is 0. The summed E-state index contributed by atoms with van der Waals surface area (Å²) in [5, 5.41) is 0. The molecule has 0 saturated heterocycles. The van der Waals surface area contributed by atoms with Crippen LogP contribution in [0, 0.1) is 0 Å². The Kier molecular flexibility index (Phi) is 191. The fraction of sp³-hybridized carbons (Fsp3) is 0. The average molecular weight is 478 g/mol. The van der Waals surface area contributed by atoms with Gasteiger partial charge in [0.25, 0.3) is 0 Å². The predicted molar refractivity (Wildman–Crippen MR) is 17.6 cm³/mol. The zero-order valence-corrected chi connectivity index (χ0v) is 13.8. The van der Waals surface area contributed by atoms with Gasteiger partial charge in [-0.1, -0.05) is 0 Å². The van der Waals surface area contributed by atoms with E-state index in [2.05, 4.69) is 0 Å². The first kappa shape index (κ1) is 49.3. The van der Waals surface area contributed by atoms with E-state index in [1.807, 2.05) is 0 Å². The molecule has 0 aliphatic carbocycles. The van der Waals surface area contributed by atoms with Crippen molar-refractivity contribution in [2.45, 2.75) is 0 Å². The zero-order valence-electron chi connectivity index (χ0n) is 3.82. The third-order valence-corrected chi connectivity index (χ3v) is 0. The van der Waals surface area contributed by atoms with E-state index in [1.165, 1.54) is 0 Å². The Labute approximate surface area is 124 Å². The molecule has 69 valence electrons. The molecule has 0 heterocycles. The van der Waals surface area contributed by atoms with Crippen LogP contribution in [-0.4, -0.2) is 0 Å². The molecule has 0 aromatic heterocycles. The molecule has 0 unspecified atom stereocenters. The summed E-state index contributed by atoms with van der Waals surface area (Å²) < 4.78 is 0. The molecule has 0 nitrogen and oxygen atoms in total. The van der Waals surface area contributed by atoms with Gasteiger partial charge in [0.05, 0.1) is 0 Å². The molecule has 0 aliphatic rings. The first-order valence-corrected chi connectivity index (χ1v) is 7.12. The molecular formula is Cl8NbRu. The zero-order chi connectivity index (χ0) is 3.58. The van der Waals surface area contributed by atoms with Gasteiger partial charge in [0, 0.05) is 0 Å². The second-order valence-corrected chi connectivity index (χ2v) is 8.07. The summed E-state index contributed by atoms with van der Waals surface area (Å²) >= 11 is -1.75. The molecule has 0 spiro atoms. The second-order valence-electron chi connectivity index (χ2n) is 0.152. The van der Waals surface area contributed by atoms with Crippen LogP contribution < -0.4 is 62.0 Å². The molecule has 0 radical (unpaired) electrons. The van der Waals surface area contributed by atoms with Crippen LogP contribution in [0.2, 0.25) is 0 Å². The van der Waals surface area contributed by atoms with Crippen molar-refractivity contribution >= 4 is 29.1 Å². The van der Waals surface area contributed by atoms with Gasteiger partial charge in [0.2, 0.25) is 0 Å². The van der Waals surface area contributed by atoms with Gasteiger partial charge < -0.3 is 62.0 Å². The summed E-state index contributed by atoms with van der Waals surface area (Å²) in [6, 6.07) is 0. The Morgan fingerprint density at radius 2 is 0.600 bits per heavy atom. The van der Waals surface area contributed by atoms with Crippen molar-refractivity contribution < 1.29 is 97.4 Å². The van der Waals surface area contributed by atoms with E-state index in [1.54, 1.807) is 0 Å². The smallest absolute Gasteiger partial charge is 5.00 e. The molecule has 0 atom stereocenters. The van der Waals surface area contributed by atoms with Gasteiger partial charge in [0.15, 0.2) is 0 Å². The van der Waals surface area contributed by atoms with Crippen molar-refractivity contribution in [2.24, 2.45) is 0 Å². The SMILES string of the molecule is [Cl-].[Cl-].[Cl-].[Cl-].[Cl-].[Cl][Ru]([Cl])[Cl].[Nb+5]. The van der Waals surface area contributed by atoms with E-state index in [4.69, 9.17) is 29.1 Å². The summed E-state index contributed by atoms with van der Waals surface area (Å²) in [5.74, 6) is 0. The van der Waals surface area contributed by atoms with Crippen LogP contribution in [-0.2, 0) is 35.4 Å². The van der Waals surface area contributed by atoms with Crippen LogP contribution >= 0.6 is 29.1 Å². The standard InChI is InChI=1S/8ClH.Nb.Ru/h8*1H;;/q;;;;;;;;+5;+3/p-8. The molecule has 0 bridgehead atoms. The molecule has 0 amide bonds. The second kappa shape index (κ2) is 38.8. The molecule has 0 fully saturated rings. The fourth-order valence-corrected chi connectivity index (χ4v) is 0. The van der Waals surface area contributed by atoms with Gasteiger partial charge in [-0.05, 0) is 0 Å². The average Bonchev–Trinajstić information content (AvgIpc) is 0.811. The van der Waals surface area contributed by atoms with E-state index >= 15 is 0 Å². The van der Waals surface area contributed by atoms with E-state index in [0.29, 0.717) is 0 Å². The van der Waals surface area contributed by atoms with Crippen molar-refractivity contribution in [3.8, 4) is 0 Å². The molecule has 10 heteroatoms. The first-order chi connectivity index (χ1) is 1.73. The van der Waals surface area contributed by atoms with Crippen molar-refractivity contribution in [3.05, 3.63) is 0 Å². The normalized spacial score (nSPS) is 4.50. The monoisotopic (exact) mass is 475 g/mol. The Bertz CT molecular complexity index is 14.0. The maximum absolute atomic E-state index is 4.95. The number of hydrogen-bond donors (Lipinski definition) is 0. The summed E-state index contributed by atoms with van der Waals surface area (Å²) in [6.07, 6.45) is 0. The molecule has 0 aromatic rings. The van der Waals surface area contributed by atoms with Crippen LogP contribution in [0.25, 0.3) is 0 Å². The van der Waals surface area contributed by atoms with Crippen molar-refractivity contribution in [3.63, 3.8) is 0 Å². The van der Waals surface area contributed by atoms with Gasteiger partial charge in [0.1, 0.15) is 0 Å². The summed E-state index contributed by atoms with van der Waals surface area (Å²) in [7, 11) is 14.8. The number of hydrogen-bond acceptors (Lipinski definition) is 0. The first-order valence-electron chi connectivity index (χ1n) is 0.401. The van der Waals surface area contributed by atoms with E-state index in [9.17, 15) is 0 Å². The number of halogens is 8. The summed E-state index contributed by atoms with van der Waals surface area (Å²) in [4.78, 5) is 0. The van der Waals surface area contributed by atoms with E-state index < -0.39 is 13.0 Å². The van der Waals surface area contributed by atoms with Gasteiger partial charge >= 0.3 is 64.4 Å². The molecule has 10 heavy (non-hydrogen) atoms. The molecule has 0 N–H and O–H groups in total. The van der Waals surface area contributed by atoms with Crippen LogP contribution in [0.15, 0.2) is 0 Å². The van der Waals surface area contributed by atoms with Gasteiger partial charge in [-0.2, -0.15) is 0 Å². The van der Waals surface area contributed by atoms with Crippen LogP contribution in [0.3, 0.4) is 0 Å². The topological polar surface area (TPSA) is 0 Å². The van der Waals surface area contributed by atoms with Crippen LogP contribution in [0.5, 0.6) is 0 Å². The summed E-state index contributed by atoms with van der Waals surface area (Å²) in [6.45, 7) is 0. The van der Waals surface area contributed by atoms with Crippen molar-refractivity contribution in [2.75, 3.05) is 0 Å². The molecular weight excluding hydrogens is 478 g/mol. The predicted octanol–water partition coefficient (Wildman–Crippen LogP) is -12.9. The maximum atomic E-state index is 4.95. The third-order valence-electron chi connectivity index (χ3n) is 0. The van der Waals surface area contributed by atoms with Gasteiger partial charge in [-0.25, -0.2) is 0 Å². The maximum Gasteiger partial charge on any atom is 5.00 e. The quantitative estimate of drug-likeness (QED) is 0.304. The Morgan fingerprint density at radius 3 is 0.600 bits per heavy atom. The Morgan fingerprint density at radius 1 is 0.600 bits per heavy atom. The molecule has 0 saturated carbocycles. The minimum absolute atomic E-state index is 0. The van der Waals surface area contributed by atoms with Gasteiger partial charge in [-0.15, -0.1) is 0 Å². The summed E-state index contributed by atoms with van der Waals surface area (Å²) in [5.41, 5.74) is 0. The van der Waals surface area contributed by atoms with Crippen molar-refractivity contribution in [1.82, 2.24) is 0 Å². The molecule has 0 aliphatic heterocycles. The number of rotatable bonds is 0. The Balaban J connectivity index is -0.00000000300. The molecule has 0 rings (SSSR count). The van der Waals surface area contributed by atoms with Crippen molar-refractivity contribution in [1.29, 1.82) is 0 Å². The largest absolute Gasteiger partial charge is 5.00 e. The third kappa shape index (κ3) is 98.3. The Hall–Kier alpha value is 3.68. The van der Waals surface area contributed by atoms with E-state index in [0.717, 1.165) is 0 Å². The molecule has 0 aromatic carbocycles. The van der Waals surface area contributed by atoms with Crippen LogP contribution in [0.4, 0.5) is 0 Å². The minimum atomic E-state index is -1.75. The van der Waals surface area contributed by atoms with Crippen LogP contribution in [0.1, 0.15) is 0 Å². The van der Waals surface area contributed by atoms with Gasteiger partial charge in [-0.3, -0.25) is 0 Å². The minimum Gasteiger partial charge on any atom is 5.00 e.